The summed E-state index contributed by atoms with van der Waals surface area (Å²) in [5.41, 5.74) is 0.955. The van der Waals surface area contributed by atoms with E-state index in [1.165, 1.54) is 12.1 Å². The van der Waals surface area contributed by atoms with Crippen molar-refractivity contribution >= 4 is 18.7 Å². The maximum atomic E-state index is 12.3. The molecule has 1 aromatic carbocycles. The van der Waals surface area contributed by atoms with Crippen LogP contribution in [0.25, 0.3) is 6.08 Å². The molecule has 0 spiro atoms. The highest BCUT2D eigenvalue weighted by atomic mass is 32.1. The van der Waals surface area contributed by atoms with E-state index in [1.807, 2.05) is 0 Å². The predicted molar refractivity (Wildman–Crippen MR) is 44.4 cm³/mol. The first-order chi connectivity index (χ1) is 4.83. The number of halogens is 1. The van der Waals surface area contributed by atoms with Gasteiger partial charge in [0.25, 0.3) is 0 Å². The molecular formula is C8H7FS. The Morgan fingerprint density at radius 2 is 1.80 bits per heavy atom. The minimum atomic E-state index is -0.212. The topological polar surface area (TPSA) is 0 Å². The summed E-state index contributed by atoms with van der Waals surface area (Å²) in [6.07, 6.45) is 1.79. The van der Waals surface area contributed by atoms with Crippen LogP contribution in [-0.2, 0) is 0 Å². The summed E-state index contributed by atoms with van der Waals surface area (Å²) in [5, 5.41) is 1.62. The Bertz CT molecular complexity index is 226. The van der Waals surface area contributed by atoms with Crippen LogP contribution in [0, 0.1) is 5.82 Å². The van der Waals surface area contributed by atoms with Crippen LogP contribution in [0.1, 0.15) is 5.56 Å². The molecule has 0 atom stereocenters. The van der Waals surface area contributed by atoms with Crippen molar-refractivity contribution in [3.05, 3.63) is 41.1 Å². The first-order valence-electron chi connectivity index (χ1n) is 2.89. The highest BCUT2D eigenvalue weighted by Crippen LogP contribution is 2.04. The van der Waals surface area contributed by atoms with Crippen molar-refractivity contribution < 1.29 is 4.39 Å². The number of hydrogen-bond donors (Lipinski definition) is 1. The average Bonchev–Trinajstić information content (AvgIpc) is 1.95. The second kappa shape index (κ2) is 3.42. The summed E-state index contributed by atoms with van der Waals surface area (Å²) in [7, 11) is 0. The van der Waals surface area contributed by atoms with Crippen LogP contribution in [-0.4, -0.2) is 0 Å². The molecule has 0 bridgehead atoms. The normalized spacial score (nSPS) is 10.6. The second-order valence-corrected chi connectivity index (χ2v) is 2.17. The molecule has 0 unspecified atom stereocenters. The van der Waals surface area contributed by atoms with Gasteiger partial charge in [-0.3, -0.25) is 0 Å². The summed E-state index contributed by atoms with van der Waals surface area (Å²) < 4.78 is 12.3. The molecule has 0 N–H and O–H groups in total. The summed E-state index contributed by atoms with van der Waals surface area (Å²) in [6.45, 7) is 0. The fourth-order valence-corrected chi connectivity index (χ4v) is 0.832. The van der Waals surface area contributed by atoms with Gasteiger partial charge in [0, 0.05) is 0 Å². The van der Waals surface area contributed by atoms with Crippen molar-refractivity contribution in [2.45, 2.75) is 0 Å². The average molecular weight is 154 g/mol. The van der Waals surface area contributed by atoms with Crippen molar-refractivity contribution in [3.8, 4) is 0 Å². The maximum absolute atomic E-state index is 12.3. The Labute approximate surface area is 64.8 Å². The standard InChI is InChI=1S/C8H7FS/c9-8-3-1-7(2-4-8)5-6-10/h1-6,10H. The predicted octanol–water partition coefficient (Wildman–Crippen LogP) is 2.73. The van der Waals surface area contributed by atoms with Crippen molar-refractivity contribution in [2.24, 2.45) is 0 Å². The fourth-order valence-electron chi connectivity index (χ4n) is 0.660. The molecule has 0 aromatic heterocycles. The fraction of sp³-hybridized carbons (Fsp3) is 0. The molecule has 0 aliphatic heterocycles. The Hall–Kier alpha value is -0.760. The quantitative estimate of drug-likeness (QED) is 0.591. The summed E-state index contributed by atoms with van der Waals surface area (Å²) in [6, 6.07) is 6.23. The lowest BCUT2D eigenvalue weighted by Crippen LogP contribution is -1.72. The molecule has 0 fully saturated rings. The van der Waals surface area contributed by atoms with Gasteiger partial charge < -0.3 is 0 Å². The van der Waals surface area contributed by atoms with Gasteiger partial charge >= 0.3 is 0 Å². The molecule has 0 nitrogen and oxygen atoms in total. The Morgan fingerprint density at radius 3 is 2.30 bits per heavy atom. The van der Waals surface area contributed by atoms with Crippen molar-refractivity contribution in [1.29, 1.82) is 0 Å². The monoisotopic (exact) mass is 154 g/mol. The zero-order valence-corrected chi connectivity index (χ0v) is 6.18. The van der Waals surface area contributed by atoms with Crippen LogP contribution < -0.4 is 0 Å². The van der Waals surface area contributed by atoms with Gasteiger partial charge in [-0.25, -0.2) is 4.39 Å². The number of rotatable bonds is 1. The Morgan fingerprint density at radius 1 is 1.20 bits per heavy atom. The van der Waals surface area contributed by atoms with Crippen molar-refractivity contribution in [1.82, 2.24) is 0 Å². The summed E-state index contributed by atoms with van der Waals surface area (Å²) >= 11 is 3.88. The zero-order valence-electron chi connectivity index (χ0n) is 5.29. The minimum absolute atomic E-state index is 0.212. The maximum Gasteiger partial charge on any atom is 0.123 e. The van der Waals surface area contributed by atoms with E-state index < -0.39 is 0 Å². The highest BCUT2D eigenvalue weighted by molar-refractivity contribution is 7.83. The highest BCUT2D eigenvalue weighted by Gasteiger charge is 1.86. The van der Waals surface area contributed by atoms with Gasteiger partial charge in [0.05, 0.1) is 0 Å². The van der Waals surface area contributed by atoms with Crippen LogP contribution in [0.3, 0.4) is 0 Å². The van der Waals surface area contributed by atoms with E-state index in [4.69, 9.17) is 0 Å². The van der Waals surface area contributed by atoms with E-state index in [1.54, 1.807) is 23.6 Å². The van der Waals surface area contributed by atoms with Gasteiger partial charge in [0.15, 0.2) is 0 Å². The summed E-state index contributed by atoms with van der Waals surface area (Å²) in [4.78, 5) is 0. The second-order valence-electron chi connectivity index (χ2n) is 1.87. The number of thiol groups is 1. The van der Waals surface area contributed by atoms with E-state index >= 15 is 0 Å². The van der Waals surface area contributed by atoms with E-state index in [0.29, 0.717) is 0 Å². The summed E-state index contributed by atoms with van der Waals surface area (Å²) in [5.74, 6) is -0.212. The number of hydrogen-bond acceptors (Lipinski definition) is 1. The molecule has 1 rings (SSSR count). The van der Waals surface area contributed by atoms with E-state index in [0.717, 1.165) is 5.56 Å². The van der Waals surface area contributed by atoms with E-state index in [9.17, 15) is 4.39 Å². The molecule has 0 amide bonds. The van der Waals surface area contributed by atoms with Gasteiger partial charge in [-0.2, -0.15) is 12.6 Å². The zero-order chi connectivity index (χ0) is 7.40. The molecule has 0 aliphatic carbocycles. The lowest BCUT2D eigenvalue weighted by Gasteiger charge is -1.89. The SMILES string of the molecule is Fc1ccc(C=CS)cc1. The third-order valence-electron chi connectivity index (χ3n) is 1.14. The smallest absolute Gasteiger partial charge is 0.123 e. The molecule has 52 valence electrons. The third-order valence-corrected chi connectivity index (χ3v) is 1.29. The van der Waals surface area contributed by atoms with Crippen LogP contribution in [0.5, 0.6) is 0 Å². The molecule has 0 saturated heterocycles. The molecule has 2 heteroatoms. The first kappa shape index (κ1) is 7.35. The van der Waals surface area contributed by atoms with Crippen LogP contribution in [0.4, 0.5) is 4.39 Å². The van der Waals surface area contributed by atoms with E-state index in [2.05, 4.69) is 12.6 Å². The first-order valence-corrected chi connectivity index (χ1v) is 3.41. The van der Waals surface area contributed by atoms with Crippen LogP contribution >= 0.6 is 12.6 Å². The lowest BCUT2D eigenvalue weighted by atomic mass is 10.2. The van der Waals surface area contributed by atoms with Gasteiger partial charge in [0.2, 0.25) is 0 Å². The van der Waals surface area contributed by atoms with Crippen molar-refractivity contribution in [2.75, 3.05) is 0 Å². The lowest BCUT2D eigenvalue weighted by molar-refractivity contribution is 0.628. The van der Waals surface area contributed by atoms with Gasteiger partial charge in [0.1, 0.15) is 5.82 Å². The molecule has 0 radical (unpaired) electrons. The van der Waals surface area contributed by atoms with Crippen molar-refractivity contribution in [3.63, 3.8) is 0 Å². The molecule has 0 heterocycles. The molecule has 0 aliphatic rings. The third kappa shape index (κ3) is 1.88. The van der Waals surface area contributed by atoms with Gasteiger partial charge in [-0.05, 0) is 29.2 Å². The largest absolute Gasteiger partial charge is 0.207 e. The molecule has 0 saturated carbocycles. The van der Waals surface area contributed by atoms with E-state index in [-0.39, 0.29) is 5.82 Å². The molecular weight excluding hydrogens is 147 g/mol. The Balaban J connectivity index is 2.89. The number of benzene rings is 1. The molecule has 1 aromatic rings. The Kier molecular flexibility index (Phi) is 2.51. The van der Waals surface area contributed by atoms with Gasteiger partial charge in [-0.1, -0.05) is 12.1 Å². The minimum Gasteiger partial charge on any atom is -0.207 e. The van der Waals surface area contributed by atoms with Crippen LogP contribution in [0.2, 0.25) is 0 Å². The van der Waals surface area contributed by atoms with Crippen LogP contribution in [0.15, 0.2) is 29.7 Å². The van der Waals surface area contributed by atoms with Gasteiger partial charge in [-0.15, -0.1) is 0 Å². The molecule has 10 heavy (non-hydrogen) atoms.